The third-order valence-corrected chi connectivity index (χ3v) is 2.94. The minimum absolute atomic E-state index is 0.0788. The molecule has 0 heterocycles. The van der Waals surface area contributed by atoms with Crippen LogP contribution in [0.3, 0.4) is 0 Å². The van der Waals surface area contributed by atoms with E-state index in [0.29, 0.717) is 5.02 Å². The number of hydrogen-bond donors (Lipinski definition) is 0. The topological polar surface area (TPSA) is 29.4 Å². The fraction of sp³-hybridized carbons (Fsp3) is 0.364. The van der Waals surface area contributed by atoms with Crippen LogP contribution in [-0.2, 0) is 11.2 Å². The van der Waals surface area contributed by atoms with E-state index in [1.54, 1.807) is 6.08 Å². The van der Waals surface area contributed by atoms with Gasteiger partial charge in [-0.15, -0.1) is 0 Å². The molecule has 0 aliphatic heterocycles. The molecule has 1 aromatic rings. The molecule has 2 nitrogen and oxygen atoms in total. The maximum Gasteiger partial charge on any atom is 0.235 e. The minimum atomic E-state index is -0.0788. The summed E-state index contributed by atoms with van der Waals surface area (Å²) in [6, 6.07) is 5.76. The Hall–Kier alpha value is -1.11. The van der Waals surface area contributed by atoms with Crippen LogP contribution in [0.1, 0.15) is 30.0 Å². The van der Waals surface area contributed by atoms with Gasteiger partial charge in [0, 0.05) is 5.02 Å². The average molecular weight is 208 g/mol. The van der Waals surface area contributed by atoms with Gasteiger partial charge < -0.3 is 0 Å². The highest BCUT2D eigenvalue weighted by Gasteiger charge is 2.21. The first-order valence-corrected chi connectivity index (χ1v) is 5.05. The standard InChI is InChI=1S/C11H10ClNO/c12-9-5-1-3-8-4-2-6-10(11(8)9)13-7-14/h1,3,5,10H,2,4,6H2. The molecular formula is C11H10ClNO. The lowest BCUT2D eigenvalue weighted by Gasteiger charge is -2.22. The van der Waals surface area contributed by atoms with Gasteiger partial charge in [0.1, 0.15) is 0 Å². The van der Waals surface area contributed by atoms with E-state index in [2.05, 4.69) is 4.99 Å². The van der Waals surface area contributed by atoms with Gasteiger partial charge in [-0.25, -0.2) is 4.79 Å². The fourth-order valence-corrected chi connectivity index (χ4v) is 2.32. The van der Waals surface area contributed by atoms with Crippen molar-refractivity contribution in [2.75, 3.05) is 0 Å². The number of carbonyl (C=O) groups excluding carboxylic acids is 1. The third kappa shape index (κ3) is 1.59. The molecule has 3 heteroatoms. The van der Waals surface area contributed by atoms with Crippen LogP contribution in [0.5, 0.6) is 0 Å². The van der Waals surface area contributed by atoms with Gasteiger partial charge >= 0.3 is 0 Å². The lowest BCUT2D eigenvalue weighted by molar-refractivity contribution is 0.538. The van der Waals surface area contributed by atoms with Gasteiger partial charge in [-0.2, -0.15) is 4.99 Å². The summed E-state index contributed by atoms with van der Waals surface area (Å²) in [4.78, 5) is 14.1. The smallest absolute Gasteiger partial charge is 0.211 e. The Bertz CT molecular complexity index is 396. The summed E-state index contributed by atoms with van der Waals surface area (Å²) >= 11 is 6.08. The molecule has 1 aliphatic rings. The number of halogens is 1. The zero-order valence-corrected chi connectivity index (χ0v) is 8.42. The minimum Gasteiger partial charge on any atom is -0.211 e. The molecule has 0 radical (unpaired) electrons. The van der Waals surface area contributed by atoms with Crippen molar-refractivity contribution in [3.8, 4) is 0 Å². The van der Waals surface area contributed by atoms with Crippen LogP contribution >= 0.6 is 11.6 Å². The number of rotatable bonds is 1. The summed E-state index contributed by atoms with van der Waals surface area (Å²) in [6.45, 7) is 0. The highest BCUT2D eigenvalue weighted by molar-refractivity contribution is 6.31. The van der Waals surface area contributed by atoms with E-state index in [9.17, 15) is 4.79 Å². The largest absolute Gasteiger partial charge is 0.235 e. The van der Waals surface area contributed by atoms with Crippen molar-refractivity contribution in [2.24, 2.45) is 4.99 Å². The Labute approximate surface area is 87.6 Å². The molecular weight excluding hydrogens is 198 g/mol. The van der Waals surface area contributed by atoms with E-state index in [0.717, 1.165) is 24.8 Å². The molecule has 0 spiro atoms. The van der Waals surface area contributed by atoms with Crippen LogP contribution in [0.4, 0.5) is 0 Å². The highest BCUT2D eigenvalue weighted by Crippen LogP contribution is 2.36. The van der Waals surface area contributed by atoms with Crippen molar-refractivity contribution >= 4 is 17.7 Å². The second-order valence-corrected chi connectivity index (χ2v) is 3.85. The Kier molecular flexibility index (Phi) is 2.67. The molecule has 14 heavy (non-hydrogen) atoms. The number of nitrogens with zero attached hydrogens (tertiary/aromatic N) is 1. The predicted molar refractivity (Wildman–Crippen MR) is 55.3 cm³/mol. The Morgan fingerprint density at radius 2 is 2.36 bits per heavy atom. The normalized spacial score (nSPS) is 19.6. The van der Waals surface area contributed by atoms with E-state index in [4.69, 9.17) is 11.6 Å². The van der Waals surface area contributed by atoms with Crippen molar-refractivity contribution < 1.29 is 4.79 Å². The molecule has 1 aromatic carbocycles. The summed E-state index contributed by atoms with van der Waals surface area (Å²) in [5.74, 6) is 0. The van der Waals surface area contributed by atoms with Crippen LogP contribution in [0.15, 0.2) is 23.2 Å². The van der Waals surface area contributed by atoms with E-state index in [1.165, 1.54) is 5.56 Å². The average Bonchev–Trinajstić information content (AvgIpc) is 2.19. The third-order valence-electron chi connectivity index (χ3n) is 2.61. The van der Waals surface area contributed by atoms with Gasteiger partial charge in [0.25, 0.3) is 0 Å². The lowest BCUT2D eigenvalue weighted by atomic mass is 9.88. The molecule has 1 aliphatic carbocycles. The number of aliphatic imine (C=N–C) groups is 1. The van der Waals surface area contributed by atoms with Gasteiger partial charge in [0.15, 0.2) is 0 Å². The first-order valence-electron chi connectivity index (χ1n) is 4.67. The molecule has 0 aromatic heterocycles. The van der Waals surface area contributed by atoms with E-state index in [-0.39, 0.29) is 6.04 Å². The van der Waals surface area contributed by atoms with Crippen LogP contribution in [0.2, 0.25) is 5.02 Å². The molecule has 0 amide bonds. The van der Waals surface area contributed by atoms with E-state index < -0.39 is 0 Å². The number of hydrogen-bond acceptors (Lipinski definition) is 2. The van der Waals surface area contributed by atoms with Crippen LogP contribution in [-0.4, -0.2) is 6.08 Å². The number of benzene rings is 1. The summed E-state index contributed by atoms with van der Waals surface area (Å²) in [5.41, 5.74) is 2.23. The molecule has 0 saturated carbocycles. The van der Waals surface area contributed by atoms with Crippen molar-refractivity contribution in [2.45, 2.75) is 25.3 Å². The summed E-state index contributed by atoms with van der Waals surface area (Å²) in [5, 5.41) is 0.714. The zero-order chi connectivity index (χ0) is 9.97. The molecule has 0 fully saturated rings. The molecule has 72 valence electrons. The van der Waals surface area contributed by atoms with Gasteiger partial charge in [-0.1, -0.05) is 23.7 Å². The predicted octanol–water partition coefficient (Wildman–Crippen LogP) is 3.05. The Morgan fingerprint density at radius 3 is 3.14 bits per heavy atom. The SMILES string of the molecule is O=C=NC1CCCc2cccc(Cl)c21. The number of isocyanates is 1. The van der Waals surface area contributed by atoms with Gasteiger partial charge in [0.2, 0.25) is 6.08 Å². The molecule has 1 atom stereocenters. The summed E-state index contributed by atoms with van der Waals surface area (Å²) in [7, 11) is 0. The second-order valence-electron chi connectivity index (χ2n) is 3.44. The molecule has 0 saturated heterocycles. The zero-order valence-electron chi connectivity index (χ0n) is 7.66. The van der Waals surface area contributed by atoms with E-state index in [1.807, 2.05) is 18.2 Å². The quantitative estimate of drug-likeness (QED) is 0.514. The van der Waals surface area contributed by atoms with Crippen molar-refractivity contribution in [1.29, 1.82) is 0 Å². The number of fused-ring (bicyclic) bond motifs is 1. The van der Waals surface area contributed by atoms with Gasteiger partial charge in [-0.3, -0.25) is 0 Å². The molecule has 0 bridgehead atoms. The van der Waals surface area contributed by atoms with Crippen LogP contribution in [0.25, 0.3) is 0 Å². The summed E-state index contributed by atoms with van der Waals surface area (Å²) < 4.78 is 0. The fourth-order valence-electron chi connectivity index (χ4n) is 2.00. The molecule has 1 unspecified atom stereocenters. The second kappa shape index (κ2) is 3.95. The maximum absolute atomic E-state index is 10.3. The molecule has 2 rings (SSSR count). The van der Waals surface area contributed by atoms with Crippen molar-refractivity contribution in [1.82, 2.24) is 0 Å². The highest BCUT2D eigenvalue weighted by atomic mass is 35.5. The molecule has 0 N–H and O–H groups in total. The maximum atomic E-state index is 10.3. The monoisotopic (exact) mass is 207 g/mol. The van der Waals surface area contributed by atoms with E-state index >= 15 is 0 Å². The first kappa shape index (κ1) is 9.45. The van der Waals surface area contributed by atoms with Gasteiger partial charge in [0.05, 0.1) is 6.04 Å². The van der Waals surface area contributed by atoms with Crippen LogP contribution in [0, 0.1) is 0 Å². The van der Waals surface area contributed by atoms with Gasteiger partial charge in [-0.05, 0) is 36.5 Å². The number of aryl methyl sites for hydroxylation is 1. The summed E-state index contributed by atoms with van der Waals surface area (Å²) in [6.07, 6.45) is 4.60. The van der Waals surface area contributed by atoms with Crippen molar-refractivity contribution in [3.63, 3.8) is 0 Å². The van der Waals surface area contributed by atoms with Crippen molar-refractivity contribution in [3.05, 3.63) is 34.3 Å². The Morgan fingerprint density at radius 1 is 1.50 bits per heavy atom. The first-order chi connectivity index (χ1) is 6.83. The lowest BCUT2D eigenvalue weighted by Crippen LogP contribution is -2.08. The van der Waals surface area contributed by atoms with Crippen LogP contribution < -0.4 is 0 Å². The Balaban J connectivity index is 2.51.